The molecular formula is C22H32N4O3S. The van der Waals surface area contributed by atoms with Crippen molar-refractivity contribution in [2.24, 2.45) is 4.99 Å². The summed E-state index contributed by atoms with van der Waals surface area (Å²) in [5.41, 5.74) is 0.554. The van der Waals surface area contributed by atoms with E-state index in [0.29, 0.717) is 23.9 Å². The number of carbonyl (C=O) groups excluding carboxylic acids is 1. The third-order valence-corrected chi connectivity index (χ3v) is 7.93. The number of piperazine rings is 1. The zero-order valence-corrected chi connectivity index (χ0v) is 18.5. The van der Waals surface area contributed by atoms with Crippen LogP contribution in [0.15, 0.2) is 34.2 Å². The number of benzene rings is 1. The number of nitrogens with zero attached hydrogens (tertiary/aromatic N) is 3. The summed E-state index contributed by atoms with van der Waals surface area (Å²) in [6, 6.07) is 6.94. The lowest BCUT2D eigenvalue weighted by molar-refractivity contribution is -0.134. The summed E-state index contributed by atoms with van der Waals surface area (Å²) < 4.78 is 27.3. The van der Waals surface area contributed by atoms with Gasteiger partial charge in [0.25, 0.3) is 10.0 Å². The summed E-state index contributed by atoms with van der Waals surface area (Å²) >= 11 is 0. The average molecular weight is 433 g/mol. The molecule has 30 heavy (non-hydrogen) atoms. The number of carbonyl (C=O) groups is 1. The van der Waals surface area contributed by atoms with Crippen molar-refractivity contribution in [3.63, 3.8) is 0 Å². The molecule has 8 heteroatoms. The van der Waals surface area contributed by atoms with E-state index < -0.39 is 16.1 Å². The van der Waals surface area contributed by atoms with Gasteiger partial charge < -0.3 is 4.90 Å². The van der Waals surface area contributed by atoms with Crippen LogP contribution >= 0.6 is 0 Å². The molecule has 1 saturated carbocycles. The lowest BCUT2D eigenvalue weighted by Gasteiger charge is -2.38. The maximum absolute atomic E-state index is 13.3. The largest absolute Gasteiger partial charge is 0.338 e. The first-order valence-corrected chi connectivity index (χ1v) is 12.7. The second-order valence-corrected chi connectivity index (χ2v) is 10.2. The summed E-state index contributed by atoms with van der Waals surface area (Å²) in [5, 5.41) is 0. The Bertz CT molecular complexity index is 901. The van der Waals surface area contributed by atoms with Gasteiger partial charge in [0.05, 0.1) is 4.90 Å². The summed E-state index contributed by atoms with van der Waals surface area (Å²) in [6.07, 6.45) is 7.66. The molecule has 1 aliphatic carbocycles. The first-order chi connectivity index (χ1) is 14.5. The highest BCUT2D eigenvalue weighted by Gasteiger charge is 2.34. The first-order valence-electron chi connectivity index (χ1n) is 11.2. The molecule has 0 aromatic heterocycles. The number of amidine groups is 1. The van der Waals surface area contributed by atoms with E-state index >= 15 is 0 Å². The van der Waals surface area contributed by atoms with Crippen LogP contribution in [0.4, 0.5) is 0 Å². The number of sulfonamides is 1. The van der Waals surface area contributed by atoms with Crippen molar-refractivity contribution in [1.82, 2.24) is 14.5 Å². The number of nitrogens with one attached hydrogen (secondary N) is 1. The monoisotopic (exact) mass is 432 g/mol. The predicted molar refractivity (Wildman–Crippen MR) is 117 cm³/mol. The number of aliphatic imine (C=N–C) groups is 1. The second kappa shape index (κ2) is 9.06. The van der Waals surface area contributed by atoms with Gasteiger partial charge in [0, 0.05) is 37.8 Å². The van der Waals surface area contributed by atoms with Crippen molar-refractivity contribution < 1.29 is 13.2 Å². The number of amides is 1. The molecule has 2 fully saturated rings. The molecule has 7 nitrogen and oxygen atoms in total. The van der Waals surface area contributed by atoms with Gasteiger partial charge in [-0.25, -0.2) is 8.42 Å². The average Bonchev–Trinajstić information content (AvgIpc) is 3.38. The van der Waals surface area contributed by atoms with Crippen molar-refractivity contribution >= 4 is 21.8 Å². The number of rotatable bonds is 6. The lowest BCUT2D eigenvalue weighted by Crippen LogP contribution is -2.53. The molecule has 1 aromatic carbocycles. The third-order valence-electron chi connectivity index (χ3n) is 6.53. The highest BCUT2D eigenvalue weighted by atomic mass is 32.2. The Kier molecular flexibility index (Phi) is 6.43. The normalized spacial score (nSPS) is 24.0. The molecule has 2 heterocycles. The van der Waals surface area contributed by atoms with Gasteiger partial charge in [-0.05, 0) is 31.4 Å². The summed E-state index contributed by atoms with van der Waals surface area (Å²) in [5.74, 6) is 0.315. The Morgan fingerprint density at radius 1 is 1.17 bits per heavy atom. The summed E-state index contributed by atoms with van der Waals surface area (Å²) in [7, 11) is -3.60. The summed E-state index contributed by atoms with van der Waals surface area (Å²) in [4.78, 5) is 22.6. The maximum atomic E-state index is 13.3. The molecule has 1 N–H and O–H groups in total. The molecular weight excluding hydrogens is 400 g/mol. The van der Waals surface area contributed by atoms with Crippen molar-refractivity contribution in [2.45, 2.75) is 68.8 Å². The van der Waals surface area contributed by atoms with Crippen molar-refractivity contribution in [3.05, 3.63) is 29.8 Å². The van der Waals surface area contributed by atoms with Gasteiger partial charge >= 0.3 is 0 Å². The van der Waals surface area contributed by atoms with Crippen LogP contribution in [0.25, 0.3) is 0 Å². The molecule has 4 rings (SSSR count). The van der Waals surface area contributed by atoms with Crippen LogP contribution in [0.1, 0.15) is 57.4 Å². The Balaban J connectivity index is 1.49. The second-order valence-electron chi connectivity index (χ2n) is 8.54. The van der Waals surface area contributed by atoms with Gasteiger partial charge in [-0.1, -0.05) is 44.7 Å². The Labute approximate surface area is 179 Å². The molecule has 164 valence electrons. The molecule has 1 atom stereocenters. The molecule has 0 spiro atoms. The van der Waals surface area contributed by atoms with Gasteiger partial charge in [-0.3, -0.25) is 19.4 Å². The van der Waals surface area contributed by atoms with Crippen molar-refractivity contribution in [3.8, 4) is 0 Å². The molecule has 1 saturated heterocycles. The van der Waals surface area contributed by atoms with E-state index in [-0.39, 0.29) is 10.8 Å². The maximum Gasteiger partial charge on any atom is 0.263 e. The molecule has 2 aliphatic heterocycles. The number of hydrogen-bond donors (Lipinski definition) is 1. The first kappa shape index (κ1) is 21.3. The number of hydrogen-bond acceptors (Lipinski definition) is 5. The van der Waals surface area contributed by atoms with Crippen molar-refractivity contribution in [1.29, 1.82) is 0 Å². The van der Waals surface area contributed by atoms with E-state index in [1.54, 1.807) is 24.3 Å². The quantitative estimate of drug-likeness (QED) is 0.748. The van der Waals surface area contributed by atoms with Crippen LogP contribution in [-0.2, 0) is 14.8 Å². The van der Waals surface area contributed by atoms with Crippen LogP contribution in [0.3, 0.4) is 0 Å². The fourth-order valence-corrected chi connectivity index (χ4v) is 6.05. The standard InChI is InChI=1S/C22H32N4O3S/c1-2-3-11-19(23-21-18-10-6-7-12-20(18)30(28,29)24-21)22(27)26-15-13-25(14-16-26)17-8-4-5-9-17/h6-7,10,12,17,19H,2-5,8-9,11,13-16H2,1H3,(H,23,24). The third kappa shape index (κ3) is 4.39. The van der Waals surface area contributed by atoms with E-state index in [1.165, 1.54) is 25.7 Å². The molecule has 3 aliphatic rings. The molecule has 0 radical (unpaired) electrons. The zero-order valence-electron chi connectivity index (χ0n) is 17.7. The van der Waals surface area contributed by atoms with E-state index in [1.807, 2.05) is 4.90 Å². The van der Waals surface area contributed by atoms with E-state index in [9.17, 15) is 13.2 Å². The number of unbranched alkanes of at least 4 members (excludes halogenated alkanes) is 1. The SMILES string of the molecule is CCCCC(N=C1NS(=O)(=O)c2ccccc21)C(=O)N1CCN(C2CCCC2)CC1. The minimum absolute atomic E-state index is 0.0191. The van der Waals surface area contributed by atoms with Gasteiger partial charge in [-0.15, -0.1) is 0 Å². The zero-order chi connectivity index (χ0) is 21.1. The number of fused-ring (bicyclic) bond motifs is 1. The Hall–Kier alpha value is -1.93. The molecule has 1 unspecified atom stereocenters. The predicted octanol–water partition coefficient (Wildman–Crippen LogP) is 2.37. The van der Waals surface area contributed by atoms with Gasteiger partial charge in [0.2, 0.25) is 5.91 Å². The van der Waals surface area contributed by atoms with E-state index in [0.717, 1.165) is 39.0 Å². The lowest BCUT2D eigenvalue weighted by atomic mass is 10.1. The smallest absolute Gasteiger partial charge is 0.263 e. The summed E-state index contributed by atoms with van der Waals surface area (Å²) in [6.45, 7) is 5.38. The minimum Gasteiger partial charge on any atom is -0.338 e. The van der Waals surface area contributed by atoms with Crippen LogP contribution in [0.2, 0.25) is 0 Å². The Morgan fingerprint density at radius 3 is 2.57 bits per heavy atom. The van der Waals surface area contributed by atoms with E-state index in [2.05, 4.69) is 21.5 Å². The Morgan fingerprint density at radius 2 is 1.87 bits per heavy atom. The van der Waals surface area contributed by atoms with Crippen molar-refractivity contribution in [2.75, 3.05) is 26.2 Å². The van der Waals surface area contributed by atoms with E-state index in [4.69, 9.17) is 0 Å². The molecule has 0 bridgehead atoms. The van der Waals surface area contributed by atoms with Gasteiger partial charge in [0.1, 0.15) is 11.9 Å². The molecule has 1 amide bonds. The van der Waals surface area contributed by atoms with Crippen LogP contribution in [0, 0.1) is 0 Å². The van der Waals surface area contributed by atoms with Crippen LogP contribution < -0.4 is 4.72 Å². The van der Waals surface area contributed by atoms with Crippen LogP contribution in [0.5, 0.6) is 0 Å². The fourth-order valence-electron chi connectivity index (χ4n) is 4.81. The van der Waals surface area contributed by atoms with Gasteiger partial charge in [-0.2, -0.15) is 0 Å². The van der Waals surface area contributed by atoms with Gasteiger partial charge in [0.15, 0.2) is 0 Å². The topological polar surface area (TPSA) is 82.1 Å². The highest BCUT2D eigenvalue weighted by Crippen LogP contribution is 2.26. The minimum atomic E-state index is -3.60. The van der Waals surface area contributed by atoms with Crippen LogP contribution in [-0.4, -0.2) is 68.2 Å². The molecule has 1 aromatic rings. The fraction of sp³-hybridized carbons (Fsp3) is 0.636. The highest BCUT2D eigenvalue weighted by molar-refractivity contribution is 7.90.